The Hall–Kier alpha value is -3.26. The number of carbonyl (C=O) groups excluding carboxylic acids is 1. The summed E-state index contributed by atoms with van der Waals surface area (Å²) in [5.74, 6) is 0.401. The van der Waals surface area contributed by atoms with Crippen LogP contribution in [0.4, 0.5) is 4.79 Å². The Labute approximate surface area is 188 Å². The van der Waals surface area contributed by atoms with Crippen LogP contribution in [0.25, 0.3) is 0 Å². The fourth-order valence-electron chi connectivity index (χ4n) is 2.89. The van der Waals surface area contributed by atoms with E-state index in [2.05, 4.69) is 10.6 Å². The first-order valence-electron chi connectivity index (χ1n) is 10.4. The van der Waals surface area contributed by atoms with Crippen molar-refractivity contribution in [3.05, 3.63) is 59.7 Å². The average Bonchev–Trinajstić information content (AvgIpc) is 2.73. The van der Waals surface area contributed by atoms with E-state index in [1.165, 1.54) is 0 Å². The highest BCUT2D eigenvalue weighted by Crippen LogP contribution is 2.20. The summed E-state index contributed by atoms with van der Waals surface area (Å²) in [5.41, 5.74) is 1.24. The molecule has 0 saturated carbocycles. The minimum absolute atomic E-state index is 0.210. The number of methoxy groups -OCH3 is 1. The van der Waals surface area contributed by atoms with Crippen molar-refractivity contribution in [2.45, 2.75) is 52.0 Å². The third-order valence-corrected chi connectivity index (χ3v) is 4.42. The summed E-state index contributed by atoms with van der Waals surface area (Å²) in [5, 5.41) is 15.0. The van der Waals surface area contributed by atoms with Gasteiger partial charge in [0, 0.05) is 12.1 Å². The number of hydrogen-bond donors (Lipinski definition) is 3. The van der Waals surface area contributed by atoms with Crippen molar-refractivity contribution in [2.75, 3.05) is 13.7 Å². The van der Waals surface area contributed by atoms with Gasteiger partial charge < -0.3 is 30.0 Å². The molecular formula is C24H32N2O6. The first-order valence-corrected chi connectivity index (χ1v) is 10.4. The number of alkyl carbamates (subject to hydrolysis) is 1. The number of ether oxygens (including phenoxy) is 3. The van der Waals surface area contributed by atoms with Gasteiger partial charge in [-0.25, -0.2) is 9.59 Å². The predicted octanol–water partition coefficient (Wildman–Crippen LogP) is 3.73. The van der Waals surface area contributed by atoms with Crippen LogP contribution in [-0.4, -0.2) is 42.5 Å². The third-order valence-electron chi connectivity index (χ3n) is 4.42. The van der Waals surface area contributed by atoms with Gasteiger partial charge in [0.15, 0.2) is 0 Å². The Balaban J connectivity index is 1.85. The van der Waals surface area contributed by atoms with E-state index in [1.54, 1.807) is 27.9 Å². The van der Waals surface area contributed by atoms with Gasteiger partial charge >= 0.3 is 12.1 Å². The van der Waals surface area contributed by atoms with Crippen molar-refractivity contribution in [3.63, 3.8) is 0 Å². The van der Waals surface area contributed by atoms with Crippen LogP contribution in [0.1, 0.15) is 38.3 Å². The van der Waals surface area contributed by atoms with Gasteiger partial charge in [0.2, 0.25) is 0 Å². The van der Waals surface area contributed by atoms with E-state index >= 15 is 0 Å². The largest absolute Gasteiger partial charge is 0.497 e. The van der Waals surface area contributed by atoms with Crippen molar-refractivity contribution >= 4 is 12.1 Å². The number of carboxylic acids is 1. The fourth-order valence-corrected chi connectivity index (χ4v) is 2.89. The first-order chi connectivity index (χ1) is 15.2. The molecule has 2 aromatic carbocycles. The quantitative estimate of drug-likeness (QED) is 0.454. The number of carbonyl (C=O) groups is 2. The first kappa shape index (κ1) is 25.0. The zero-order valence-corrected chi connectivity index (χ0v) is 19.0. The van der Waals surface area contributed by atoms with Gasteiger partial charge in [-0.2, -0.15) is 0 Å². The maximum absolute atomic E-state index is 11.9. The van der Waals surface area contributed by atoms with Crippen LogP contribution >= 0.6 is 0 Å². The van der Waals surface area contributed by atoms with Gasteiger partial charge in [0.1, 0.15) is 29.7 Å². The topological polar surface area (TPSA) is 106 Å². The molecule has 0 aliphatic heterocycles. The van der Waals surface area contributed by atoms with Gasteiger partial charge in [-0.3, -0.25) is 0 Å². The molecule has 0 aliphatic carbocycles. The lowest BCUT2D eigenvalue weighted by atomic mass is 10.1. The Morgan fingerprint density at radius 2 is 1.84 bits per heavy atom. The van der Waals surface area contributed by atoms with Crippen LogP contribution in [0.2, 0.25) is 0 Å². The Kier molecular flexibility index (Phi) is 9.34. The van der Waals surface area contributed by atoms with Gasteiger partial charge in [-0.15, -0.1) is 0 Å². The zero-order valence-electron chi connectivity index (χ0n) is 19.0. The molecule has 0 fully saturated rings. The Bertz CT molecular complexity index is 894. The van der Waals surface area contributed by atoms with E-state index in [0.717, 1.165) is 22.6 Å². The second kappa shape index (κ2) is 12.0. The van der Waals surface area contributed by atoms with Crippen LogP contribution in [-0.2, 0) is 22.7 Å². The monoisotopic (exact) mass is 444 g/mol. The molecule has 32 heavy (non-hydrogen) atoms. The smallest absolute Gasteiger partial charge is 0.408 e. The molecule has 8 nitrogen and oxygen atoms in total. The van der Waals surface area contributed by atoms with Crippen LogP contribution < -0.4 is 20.1 Å². The summed E-state index contributed by atoms with van der Waals surface area (Å²) in [4.78, 5) is 23.3. The van der Waals surface area contributed by atoms with Gasteiger partial charge in [0.05, 0.1) is 7.11 Å². The Morgan fingerprint density at radius 1 is 1.09 bits per heavy atom. The normalized spacial score (nSPS) is 12.0. The molecule has 2 rings (SSSR count). The van der Waals surface area contributed by atoms with Gasteiger partial charge in [0.25, 0.3) is 0 Å². The number of para-hydroxylation sites is 1. The standard InChI is InChI=1S/C24H32N2O6/c1-24(2,3)32-23(29)26-20(22(27)28)12-13-25-15-18-9-5-6-11-21(18)31-16-17-8-7-10-19(14-17)30-4/h5-11,14,20,25H,12-13,15-16H2,1-4H3,(H,26,29)(H,27,28)/t20-/m0/s1. The molecule has 2 aromatic rings. The zero-order chi connectivity index (χ0) is 23.6. The van der Waals surface area contributed by atoms with Crippen molar-refractivity contribution in [3.8, 4) is 11.5 Å². The molecule has 174 valence electrons. The van der Waals surface area contributed by atoms with E-state index in [9.17, 15) is 14.7 Å². The summed E-state index contributed by atoms with van der Waals surface area (Å²) in [6.45, 7) is 6.44. The predicted molar refractivity (Wildman–Crippen MR) is 121 cm³/mol. The minimum atomic E-state index is -1.11. The Morgan fingerprint density at radius 3 is 2.53 bits per heavy atom. The van der Waals surface area contributed by atoms with Crippen LogP contribution in [0, 0.1) is 0 Å². The molecule has 8 heteroatoms. The highest BCUT2D eigenvalue weighted by Gasteiger charge is 2.23. The number of carboxylic acid groups (broad SMARTS) is 1. The van der Waals surface area contributed by atoms with E-state index < -0.39 is 23.7 Å². The SMILES string of the molecule is COc1cccc(COc2ccccc2CNCC[C@H](NC(=O)OC(C)(C)C)C(=O)O)c1. The molecule has 3 N–H and O–H groups in total. The van der Waals surface area contributed by atoms with Crippen molar-refractivity contribution in [1.82, 2.24) is 10.6 Å². The second-order valence-electron chi connectivity index (χ2n) is 8.25. The third kappa shape index (κ3) is 8.85. The number of aliphatic carboxylic acids is 1. The summed E-state index contributed by atoms with van der Waals surface area (Å²) in [6.07, 6.45) is -0.539. The van der Waals surface area contributed by atoms with E-state index in [4.69, 9.17) is 14.2 Å². The van der Waals surface area contributed by atoms with Crippen LogP contribution in [0.3, 0.4) is 0 Å². The van der Waals surface area contributed by atoms with E-state index in [1.807, 2.05) is 48.5 Å². The molecule has 0 aromatic heterocycles. The highest BCUT2D eigenvalue weighted by atomic mass is 16.6. The van der Waals surface area contributed by atoms with Crippen molar-refractivity contribution in [1.29, 1.82) is 0 Å². The number of benzene rings is 2. The average molecular weight is 445 g/mol. The maximum atomic E-state index is 11.9. The van der Waals surface area contributed by atoms with Crippen LogP contribution in [0.15, 0.2) is 48.5 Å². The van der Waals surface area contributed by atoms with E-state index in [-0.39, 0.29) is 6.42 Å². The molecule has 0 aliphatic rings. The molecule has 0 saturated heterocycles. The minimum Gasteiger partial charge on any atom is -0.497 e. The summed E-state index contributed by atoms with van der Waals surface area (Å²) in [6, 6.07) is 14.3. The molecular weight excluding hydrogens is 412 g/mol. The molecule has 0 bridgehead atoms. The second-order valence-corrected chi connectivity index (χ2v) is 8.25. The van der Waals surface area contributed by atoms with E-state index in [0.29, 0.717) is 19.7 Å². The molecule has 1 atom stereocenters. The summed E-state index contributed by atoms with van der Waals surface area (Å²) < 4.78 is 16.3. The fraction of sp³-hybridized carbons (Fsp3) is 0.417. The number of hydrogen-bond acceptors (Lipinski definition) is 6. The van der Waals surface area contributed by atoms with Crippen LogP contribution in [0.5, 0.6) is 11.5 Å². The molecule has 0 radical (unpaired) electrons. The van der Waals surface area contributed by atoms with Crippen molar-refractivity contribution in [2.24, 2.45) is 0 Å². The highest BCUT2D eigenvalue weighted by molar-refractivity contribution is 5.80. The van der Waals surface area contributed by atoms with Crippen molar-refractivity contribution < 1.29 is 28.9 Å². The molecule has 0 heterocycles. The lowest BCUT2D eigenvalue weighted by Crippen LogP contribution is -2.44. The summed E-state index contributed by atoms with van der Waals surface area (Å²) in [7, 11) is 1.62. The molecule has 0 spiro atoms. The van der Waals surface area contributed by atoms with Gasteiger partial charge in [-0.05, 0) is 57.5 Å². The summed E-state index contributed by atoms with van der Waals surface area (Å²) >= 11 is 0. The molecule has 0 unspecified atom stereocenters. The molecule has 1 amide bonds. The van der Waals surface area contributed by atoms with Gasteiger partial charge in [-0.1, -0.05) is 30.3 Å². The number of rotatable bonds is 11. The number of nitrogens with one attached hydrogen (secondary N) is 2. The number of amides is 1. The maximum Gasteiger partial charge on any atom is 0.408 e. The lowest BCUT2D eigenvalue weighted by molar-refractivity contribution is -0.139. The lowest BCUT2D eigenvalue weighted by Gasteiger charge is -2.22.